The maximum absolute atomic E-state index is 11.8. The summed E-state index contributed by atoms with van der Waals surface area (Å²) >= 11 is 0. The van der Waals surface area contributed by atoms with Crippen LogP contribution < -0.4 is 4.72 Å². The molecular formula is C13H29NO3S. The number of sulfonamides is 1. The Kier molecular flexibility index (Phi) is 6.82. The van der Waals surface area contributed by atoms with Crippen LogP contribution in [-0.2, 0) is 10.0 Å². The first kappa shape index (κ1) is 17.9. The molecule has 0 heterocycles. The topological polar surface area (TPSA) is 66.4 Å². The Morgan fingerprint density at radius 1 is 1.17 bits per heavy atom. The summed E-state index contributed by atoms with van der Waals surface area (Å²) in [4.78, 5) is 0. The lowest BCUT2D eigenvalue weighted by atomic mass is 9.81. The molecule has 0 aliphatic carbocycles. The van der Waals surface area contributed by atoms with Crippen LogP contribution in [0.1, 0.15) is 48.0 Å². The predicted octanol–water partition coefficient (Wildman–Crippen LogP) is 1.99. The van der Waals surface area contributed by atoms with Gasteiger partial charge in [-0.05, 0) is 18.3 Å². The quantitative estimate of drug-likeness (QED) is 0.714. The number of aliphatic hydroxyl groups excluding tert-OH is 1. The van der Waals surface area contributed by atoms with E-state index in [1.54, 1.807) is 0 Å². The predicted molar refractivity (Wildman–Crippen MR) is 75.9 cm³/mol. The lowest BCUT2D eigenvalue weighted by Crippen LogP contribution is -2.44. The summed E-state index contributed by atoms with van der Waals surface area (Å²) in [7, 11) is -3.23. The summed E-state index contributed by atoms with van der Waals surface area (Å²) < 4.78 is 26.2. The van der Waals surface area contributed by atoms with Crippen LogP contribution in [0.2, 0.25) is 0 Å². The highest BCUT2D eigenvalue weighted by molar-refractivity contribution is 7.89. The molecule has 0 spiro atoms. The van der Waals surface area contributed by atoms with Crippen molar-refractivity contribution in [3.05, 3.63) is 0 Å². The van der Waals surface area contributed by atoms with E-state index in [-0.39, 0.29) is 18.2 Å². The third kappa shape index (κ3) is 6.71. The largest absolute Gasteiger partial charge is 0.392 e. The van der Waals surface area contributed by atoms with Gasteiger partial charge in [0, 0.05) is 12.0 Å². The molecule has 0 aromatic carbocycles. The van der Waals surface area contributed by atoms with Crippen molar-refractivity contribution in [3.8, 4) is 0 Å². The van der Waals surface area contributed by atoms with Gasteiger partial charge in [-0.1, -0.05) is 41.5 Å². The van der Waals surface area contributed by atoms with E-state index in [9.17, 15) is 13.5 Å². The molecule has 5 heteroatoms. The molecular weight excluding hydrogens is 250 g/mol. The minimum Gasteiger partial charge on any atom is -0.392 e. The second-order valence-electron chi connectivity index (χ2n) is 6.50. The number of aliphatic hydroxyl groups is 1. The van der Waals surface area contributed by atoms with Gasteiger partial charge in [0.2, 0.25) is 10.0 Å². The number of hydrogen-bond donors (Lipinski definition) is 2. The molecule has 0 aromatic rings. The van der Waals surface area contributed by atoms with Gasteiger partial charge < -0.3 is 5.11 Å². The van der Waals surface area contributed by atoms with E-state index in [1.165, 1.54) is 0 Å². The highest BCUT2D eigenvalue weighted by Gasteiger charge is 2.31. The molecule has 0 fully saturated rings. The van der Waals surface area contributed by atoms with Crippen LogP contribution in [0.15, 0.2) is 0 Å². The molecule has 0 saturated heterocycles. The number of rotatable bonds is 8. The second kappa shape index (κ2) is 6.87. The van der Waals surface area contributed by atoms with E-state index in [4.69, 9.17) is 0 Å². The van der Waals surface area contributed by atoms with Crippen molar-refractivity contribution in [1.29, 1.82) is 0 Å². The van der Waals surface area contributed by atoms with Crippen molar-refractivity contribution in [2.45, 2.75) is 54.1 Å². The zero-order valence-corrected chi connectivity index (χ0v) is 13.3. The fourth-order valence-corrected chi connectivity index (χ4v) is 3.28. The third-order valence-electron chi connectivity index (χ3n) is 3.14. The van der Waals surface area contributed by atoms with Crippen LogP contribution in [0.3, 0.4) is 0 Å². The Labute approximate surface area is 112 Å². The molecule has 1 atom stereocenters. The van der Waals surface area contributed by atoms with Gasteiger partial charge in [0.05, 0.1) is 11.9 Å². The first-order chi connectivity index (χ1) is 7.98. The number of nitrogens with one attached hydrogen (secondary N) is 1. The molecule has 18 heavy (non-hydrogen) atoms. The van der Waals surface area contributed by atoms with E-state index < -0.39 is 21.5 Å². The first-order valence-corrected chi connectivity index (χ1v) is 8.28. The molecule has 4 nitrogen and oxygen atoms in total. The smallest absolute Gasteiger partial charge is 0.211 e. The molecule has 0 aromatic heterocycles. The average molecular weight is 279 g/mol. The summed E-state index contributed by atoms with van der Waals surface area (Å²) in [5.74, 6) is 0.634. The molecule has 0 saturated carbocycles. The maximum atomic E-state index is 11.8. The Morgan fingerprint density at radius 3 is 2.06 bits per heavy atom. The molecule has 0 aliphatic rings. The van der Waals surface area contributed by atoms with Crippen molar-refractivity contribution in [2.24, 2.45) is 17.3 Å². The fourth-order valence-electron chi connectivity index (χ4n) is 1.77. The highest BCUT2D eigenvalue weighted by Crippen LogP contribution is 2.25. The van der Waals surface area contributed by atoms with Crippen LogP contribution in [0, 0.1) is 17.3 Å². The minimum absolute atomic E-state index is 0.111. The maximum Gasteiger partial charge on any atom is 0.211 e. The molecule has 0 amide bonds. The summed E-state index contributed by atoms with van der Waals surface area (Å²) in [6.07, 6.45) is 0.132. The minimum atomic E-state index is -3.23. The summed E-state index contributed by atoms with van der Waals surface area (Å²) in [6, 6.07) is 0. The summed E-state index contributed by atoms with van der Waals surface area (Å²) in [5, 5.41) is 10.0. The van der Waals surface area contributed by atoms with Crippen LogP contribution in [-0.4, -0.2) is 31.9 Å². The number of hydrogen-bond acceptors (Lipinski definition) is 3. The molecule has 0 radical (unpaired) electrons. The van der Waals surface area contributed by atoms with Gasteiger partial charge in [-0.3, -0.25) is 0 Å². The molecule has 0 aliphatic heterocycles. The molecule has 0 bridgehead atoms. The van der Waals surface area contributed by atoms with E-state index in [1.807, 2.05) is 41.5 Å². The van der Waals surface area contributed by atoms with Crippen molar-refractivity contribution < 1.29 is 13.5 Å². The average Bonchev–Trinajstić information content (AvgIpc) is 2.23. The van der Waals surface area contributed by atoms with Gasteiger partial charge in [-0.2, -0.15) is 0 Å². The van der Waals surface area contributed by atoms with Gasteiger partial charge in [0.15, 0.2) is 0 Å². The van der Waals surface area contributed by atoms with Crippen LogP contribution in [0.5, 0.6) is 0 Å². The molecule has 2 N–H and O–H groups in total. The van der Waals surface area contributed by atoms with Crippen LogP contribution in [0.4, 0.5) is 0 Å². The zero-order valence-electron chi connectivity index (χ0n) is 12.5. The lowest BCUT2D eigenvalue weighted by Gasteiger charge is -2.33. The molecule has 110 valence electrons. The first-order valence-electron chi connectivity index (χ1n) is 6.63. The van der Waals surface area contributed by atoms with Crippen molar-refractivity contribution in [2.75, 3.05) is 12.3 Å². The lowest BCUT2D eigenvalue weighted by molar-refractivity contribution is 0.0166. The Morgan fingerprint density at radius 2 is 1.67 bits per heavy atom. The monoisotopic (exact) mass is 279 g/mol. The Hall–Kier alpha value is -0.130. The van der Waals surface area contributed by atoms with Gasteiger partial charge in [-0.25, -0.2) is 13.1 Å². The van der Waals surface area contributed by atoms with Crippen molar-refractivity contribution in [1.82, 2.24) is 4.72 Å². The van der Waals surface area contributed by atoms with E-state index >= 15 is 0 Å². The van der Waals surface area contributed by atoms with Crippen molar-refractivity contribution >= 4 is 10.0 Å². The summed E-state index contributed by atoms with van der Waals surface area (Å²) in [6.45, 7) is 11.9. The van der Waals surface area contributed by atoms with Gasteiger partial charge in [-0.15, -0.1) is 0 Å². The SMILES string of the molecule is CC(C)CCS(=O)(=O)NCC(C)(C)C(O)C(C)C. The zero-order chi connectivity index (χ0) is 14.6. The molecule has 1 unspecified atom stereocenters. The Bertz CT molecular complexity index is 334. The van der Waals surface area contributed by atoms with Gasteiger partial charge in [0.1, 0.15) is 0 Å². The van der Waals surface area contributed by atoms with E-state index in [0.29, 0.717) is 12.3 Å². The summed E-state index contributed by atoms with van der Waals surface area (Å²) in [5.41, 5.74) is -0.459. The normalized spacial score (nSPS) is 15.4. The van der Waals surface area contributed by atoms with Crippen LogP contribution >= 0.6 is 0 Å². The van der Waals surface area contributed by atoms with Crippen molar-refractivity contribution in [3.63, 3.8) is 0 Å². The molecule has 0 rings (SSSR count). The standard InChI is InChI=1S/C13H29NO3S/c1-10(2)7-8-18(16,17)14-9-13(5,6)12(15)11(3)4/h10-12,14-15H,7-9H2,1-6H3. The third-order valence-corrected chi connectivity index (χ3v) is 4.50. The highest BCUT2D eigenvalue weighted by atomic mass is 32.2. The van der Waals surface area contributed by atoms with E-state index in [0.717, 1.165) is 0 Å². The van der Waals surface area contributed by atoms with E-state index in [2.05, 4.69) is 4.72 Å². The Balaban J connectivity index is 4.38. The van der Waals surface area contributed by atoms with Gasteiger partial charge in [0.25, 0.3) is 0 Å². The second-order valence-corrected chi connectivity index (χ2v) is 8.43. The fraction of sp³-hybridized carbons (Fsp3) is 1.00. The van der Waals surface area contributed by atoms with Crippen LogP contribution in [0.25, 0.3) is 0 Å². The van der Waals surface area contributed by atoms with Gasteiger partial charge >= 0.3 is 0 Å².